The molecule has 1 aromatic heterocycles. The first-order valence-corrected chi connectivity index (χ1v) is 5.81. The van der Waals surface area contributed by atoms with Crippen molar-refractivity contribution < 1.29 is 18.0 Å². The van der Waals surface area contributed by atoms with Crippen LogP contribution in [0, 0.1) is 5.41 Å². The molecular weight excluding hydrogens is 259 g/mol. The van der Waals surface area contributed by atoms with Crippen LogP contribution < -0.4 is 5.32 Å². The first kappa shape index (κ1) is 13.6. The number of alkyl halides is 3. The zero-order valence-corrected chi connectivity index (χ0v) is 10.4. The molecular formula is C12H14F3N3O. The van der Waals surface area contributed by atoms with Crippen LogP contribution in [0.1, 0.15) is 13.3 Å². The van der Waals surface area contributed by atoms with Gasteiger partial charge in [-0.15, -0.1) is 0 Å². The first-order chi connectivity index (χ1) is 8.77. The van der Waals surface area contributed by atoms with Crippen LogP contribution in [0.4, 0.5) is 23.8 Å². The molecule has 1 saturated heterocycles. The number of nitrogens with one attached hydrogen (secondary N) is 1. The van der Waals surface area contributed by atoms with E-state index in [2.05, 4.69) is 10.3 Å². The van der Waals surface area contributed by atoms with Crippen LogP contribution in [0.5, 0.6) is 0 Å². The molecule has 0 bridgehead atoms. The van der Waals surface area contributed by atoms with Crippen molar-refractivity contribution in [3.63, 3.8) is 0 Å². The van der Waals surface area contributed by atoms with Gasteiger partial charge >= 0.3 is 12.2 Å². The topological polar surface area (TPSA) is 45.2 Å². The van der Waals surface area contributed by atoms with E-state index in [1.54, 1.807) is 18.2 Å². The van der Waals surface area contributed by atoms with Gasteiger partial charge in [0.05, 0.1) is 6.42 Å². The van der Waals surface area contributed by atoms with Crippen molar-refractivity contribution in [3.8, 4) is 0 Å². The Morgan fingerprint density at radius 2 is 2.16 bits per heavy atom. The van der Waals surface area contributed by atoms with E-state index in [4.69, 9.17) is 0 Å². The minimum absolute atomic E-state index is 0.102. The molecule has 104 valence electrons. The number of hydrogen-bond acceptors (Lipinski definition) is 2. The Labute approximate surface area is 108 Å². The summed E-state index contributed by atoms with van der Waals surface area (Å²) in [7, 11) is 0. The van der Waals surface area contributed by atoms with E-state index in [9.17, 15) is 18.0 Å². The van der Waals surface area contributed by atoms with Gasteiger partial charge in [0, 0.05) is 24.7 Å². The summed E-state index contributed by atoms with van der Waals surface area (Å²) >= 11 is 0. The van der Waals surface area contributed by atoms with E-state index in [-0.39, 0.29) is 13.1 Å². The molecule has 19 heavy (non-hydrogen) atoms. The maximum Gasteiger partial charge on any atom is 0.389 e. The predicted molar refractivity (Wildman–Crippen MR) is 63.6 cm³/mol. The van der Waals surface area contributed by atoms with E-state index in [1.807, 2.05) is 0 Å². The molecule has 0 radical (unpaired) electrons. The third kappa shape index (κ3) is 3.59. The van der Waals surface area contributed by atoms with Gasteiger partial charge in [0.2, 0.25) is 0 Å². The average Bonchev–Trinajstić information content (AvgIpc) is 2.24. The number of anilines is 1. The number of amides is 2. The summed E-state index contributed by atoms with van der Waals surface area (Å²) < 4.78 is 37.0. The number of likely N-dealkylation sites (tertiary alicyclic amines) is 1. The van der Waals surface area contributed by atoms with Gasteiger partial charge in [-0.1, -0.05) is 13.0 Å². The molecule has 2 amide bonds. The zero-order valence-electron chi connectivity index (χ0n) is 10.4. The van der Waals surface area contributed by atoms with Crippen molar-refractivity contribution in [2.45, 2.75) is 19.5 Å². The maximum atomic E-state index is 12.3. The average molecular weight is 273 g/mol. The maximum absolute atomic E-state index is 12.3. The van der Waals surface area contributed by atoms with Crippen LogP contribution in [0.25, 0.3) is 0 Å². The minimum Gasteiger partial charge on any atom is -0.323 e. The summed E-state index contributed by atoms with van der Waals surface area (Å²) in [6.45, 7) is 1.74. The fourth-order valence-electron chi connectivity index (χ4n) is 2.24. The van der Waals surface area contributed by atoms with Crippen molar-refractivity contribution in [2.24, 2.45) is 5.41 Å². The Bertz CT molecular complexity index is 455. The number of aromatic nitrogens is 1. The summed E-state index contributed by atoms with van der Waals surface area (Å²) in [6.07, 6.45) is -3.54. The second-order valence-electron chi connectivity index (χ2n) is 5.10. The Morgan fingerprint density at radius 1 is 1.47 bits per heavy atom. The Balaban J connectivity index is 1.85. The van der Waals surface area contributed by atoms with Crippen LogP contribution >= 0.6 is 0 Å². The first-order valence-electron chi connectivity index (χ1n) is 5.81. The molecule has 0 atom stereocenters. The monoisotopic (exact) mass is 273 g/mol. The third-order valence-corrected chi connectivity index (χ3v) is 2.96. The smallest absolute Gasteiger partial charge is 0.323 e. The SMILES string of the molecule is CC1(CC(F)(F)F)CN(C(=O)Nc2ccccn2)C1. The molecule has 7 heteroatoms. The molecule has 0 aromatic carbocycles. The van der Waals surface area contributed by atoms with Crippen LogP contribution in [-0.4, -0.2) is 35.2 Å². The highest BCUT2D eigenvalue weighted by Gasteiger charge is 2.48. The molecule has 2 rings (SSSR count). The lowest BCUT2D eigenvalue weighted by Crippen LogP contribution is -2.59. The Kier molecular flexibility index (Phi) is 3.38. The van der Waals surface area contributed by atoms with Crippen molar-refractivity contribution in [2.75, 3.05) is 18.4 Å². The highest BCUT2D eigenvalue weighted by atomic mass is 19.4. The zero-order chi connectivity index (χ0) is 14.1. The number of carbonyl (C=O) groups excluding carboxylic acids is 1. The number of hydrogen-bond donors (Lipinski definition) is 1. The largest absolute Gasteiger partial charge is 0.389 e. The van der Waals surface area contributed by atoms with Crippen molar-refractivity contribution in [1.29, 1.82) is 0 Å². The molecule has 0 unspecified atom stereocenters. The highest BCUT2D eigenvalue weighted by molar-refractivity contribution is 5.88. The molecule has 0 aliphatic carbocycles. The van der Waals surface area contributed by atoms with Gasteiger partial charge in [0.25, 0.3) is 0 Å². The lowest BCUT2D eigenvalue weighted by molar-refractivity contribution is -0.171. The van der Waals surface area contributed by atoms with Gasteiger partial charge in [-0.2, -0.15) is 13.2 Å². The molecule has 1 N–H and O–H groups in total. The van der Waals surface area contributed by atoms with E-state index < -0.39 is 24.0 Å². The number of pyridine rings is 1. The van der Waals surface area contributed by atoms with Gasteiger partial charge in [0.15, 0.2) is 0 Å². The quantitative estimate of drug-likeness (QED) is 0.900. The summed E-state index contributed by atoms with van der Waals surface area (Å²) in [5.41, 5.74) is -0.875. The summed E-state index contributed by atoms with van der Waals surface area (Å²) in [6, 6.07) is 4.62. The fourth-order valence-corrected chi connectivity index (χ4v) is 2.24. The van der Waals surface area contributed by atoms with E-state index in [1.165, 1.54) is 18.0 Å². The third-order valence-electron chi connectivity index (χ3n) is 2.96. The lowest BCUT2D eigenvalue weighted by atomic mass is 9.79. The van der Waals surface area contributed by atoms with E-state index in [0.29, 0.717) is 5.82 Å². The molecule has 1 fully saturated rings. The van der Waals surface area contributed by atoms with Crippen LogP contribution in [0.15, 0.2) is 24.4 Å². The van der Waals surface area contributed by atoms with Crippen molar-refractivity contribution in [3.05, 3.63) is 24.4 Å². The molecule has 4 nitrogen and oxygen atoms in total. The van der Waals surface area contributed by atoms with Gasteiger partial charge < -0.3 is 4.90 Å². The van der Waals surface area contributed by atoms with Gasteiger partial charge in [0.1, 0.15) is 5.82 Å². The second-order valence-corrected chi connectivity index (χ2v) is 5.10. The number of nitrogens with zero attached hydrogens (tertiary/aromatic N) is 2. The van der Waals surface area contributed by atoms with Crippen LogP contribution in [0.3, 0.4) is 0 Å². The minimum atomic E-state index is -4.20. The van der Waals surface area contributed by atoms with E-state index in [0.717, 1.165) is 0 Å². The summed E-state index contributed by atoms with van der Waals surface area (Å²) in [4.78, 5) is 17.0. The highest BCUT2D eigenvalue weighted by Crippen LogP contribution is 2.40. The lowest BCUT2D eigenvalue weighted by Gasteiger charge is -2.48. The van der Waals surface area contributed by atoms with Crippen molar-refractivity contribution >= 4 is 11.8 Å². The molecule has 0 saturated carbocycles. The predicted octanol–water partition coefficient (Wildman–Crippen LogP) is 2.89. The number of carbonyl (C=O) groups is 1. The normalized spacial score (nSPS) is 17.8. The molecule has 2 heterocycles. The Morgan fingerprint density at radius 3 is 2.68 bits per heavy atom. The van der Waals surface area contributed by atoms with Crippen LogP contribution in [0.2, 0.25) is 0 Å². The Hall–Kier alpha value is -1.79. The summed E-state index contributed by atoms with van der Waals surface area (Å²) in [5, 5.41) is 2.54. The molecule has 1 aliphatic heterocycles. The number of urea groups is 1. The van der Waals surface area contributed by atoms with Gasteiger partial charge in [-0.05, 0) is 12.1 Å². The number of halogens is 3. The fraction of sp³-hybridized carbons (Fsp3) is 0.500. The summed E-state index contributed by atoms with van der Waals surface area (Å²) in [5.74, 6) is 0.386. The van der Waals surface area contributed by atoms with Crippen molar-refractivity contribution in [1.82, 2.24) is 9.88 Å². The molecule has 1 aromatic rings. The second kappa shape index (κ2) is 4.71. The van der Waals surface area contributed by atoms with Crippen LogP contribution in [-0.2, 0) is 0 Å². The standard InChI is InChI=1S/C12H14F3N3O/c1-11(6-12(13,14)15)7-18(8-11)10(19)17-9-4-2-3-5-16-9/h2-5H,6-8H2,1H3,(H,16,17,19). The van der Waals surface area contributed by atoms with Gasteiger partial charge in [-0.25, -0.2) is 9.78 Å². The number of rotatable bonds is 2. The molecule has 0 spiro atoms. The van der Waals surface area contributed by atoms with Gasteiger partial charge in [-0.3, -0.25) is 5.32 Å². The van der Waals surface area contributed by atoms with E-state index >= 15 is 0 Å². The molecule has 1 aliphatic rings.